The van der Waals surface area contributed by atoms with Crippen LogP contribution in [0.1, 0.15) is 37.6 Å². The molecular weight excluding hydrogens is 353 g/mol. The summed E-state index contributed by atoms with van der Waals surface area (Å²) in [6.45, 7) is 2.02. The normalized spacial score (nSPS) is 17.1. The predicted octanol–water partition coefficient (Wildman–Crippen LogP) is 3.46. The first kappa shape index (κ1) is 20.2. The zero-order chi connectivity index (χ0) is 14.9. The van der Waals surface area contributed by atoms with Gasteiger partial charge in [0.1, 0.15) is 0 Å². The van der Waals surface area contributed by atoms with E-state index in [1.165, 1.54) is 4.70 Å². The van der Waals surface area contributed by atoms with E-state index in [0.717, 1.165) is 42.6 Å². The largest absolute Gasteiger partial charge is 0.352 e. The smallest absolute Gasteiger partial charge is 0.240 e. The summed E-state index contributed by atoms with van der Waals surface area (Å²) in [4.78, 5) is 16.9. The average molecular weight is 376 g/mol. The SMILES string of the molecule is CC(Cc1nc2ccccc2s1)NC(=O)C1(N)CCCC1.Cl.Cl. The zero-order valence-electron chi connectivity index (χ0n) is 13.1. The fourth-order valence-corrected chi connectivity index (χ4v) is 4.02. The summed E-state index contributed by atoms with van der Waals surface area (Å²) in [5, 5.41) is 4.11. The Hall–Kier alpha value is -0.880. The fourth-order valence-electron chi connectivity index (χ4n) is 2.92. The molecule has 3 N–H and O–H groups in total. The Labute approximate surface area is 153 Å². The van der Waals surface area contributed by atoms with Crippen molar-refractivity contribution < 1.29 is 4.79 Å². The Morgan fingerprint density at radius 3 is 2.65 bits per heavy atom. The molecule has 2 aromatic rings. The molecule has 1 heterocycles. The molecule has 1 aromatic heterocycles. The number of carbonyl (C=O) groups excluding carboxylic acids is 1. The molecule has 1 saturated carbocycles. The number of fused-ring (bicyclic) bond motifs is 1. The van der Waals surface area contributed by atoms with Gasteiger partial charge in [0.2, 0.25) is 5.91 Å². The molecule has 23 heavy (non-hydrogen) atoms. The maximum absolute atomic E-state index is 12.3. The van der Waals surface area contributed by atoms with Crippen molar-refractivity contribution >= 4 is 52.3 Å². The molecule has 1 aliphatic carbocycles. The summed E-state index contributed by atoms with van der Waals surface area (Å²) in [5.41, 5.74) is 6.56. The van der Waals surface area contributed by atoms with Crippen molar-refractivity contribution in [3.05, 3.63) is 29.3 Å². The molecule has 4 nitrogen and oxygen atoms in total. The zero-order valence-corrected chi connectivity index (χ0v) is 15.5. The Balaban J connectivity index is 0.00000132. The molecular formula is C16H23Cl2N3OS. The van der Waals surface area contributed by atoms with Crippen molar-refractivity contribution in [2.75, 3.05) is 0 Å². The molecule has 0 aliphatic heterocycles. The topological polar surface area (TPSA) is 68.0 Å². The minimum atomic E-state index is -0.651. The molecule has 1 aliphatic rings. The lowest BCUT2D eigenvalue weighted by Gasteiger charge is -2.24. The molecule has 1 amide bonds. The highest BCUT2D eigenvalue weighted by Crippen LogP contribution is 2.27. The number of rotatable bonds is 4. The van der Waals surface area contributed by atoms with E-state index in [-0.39, 0.29) is 36.8 Å². The Morgan fingerprint density at radius 2 is 2.00 bits per heavy atom. The van der Waals surface area contributed by atoms with Crippen molar-refractivity contribution in [3.8, 4) is 0 Å². The van der Waals surface area contributed by atoms with E-state index < -0.39 is 5.54 Å². The fraction of sp³-hybridized carbons (Fsp3) is 0.500. The molecule has 1 fully saturated rings. The summed E-state index contributed by atoms with van der Waals surface area (Å²) in [6, 6.07) is 8.17. The first-order valence-corrected chi connectivity index (χ1v) is 8.33. The Kier molecular flexibility index (Phi) is 7.27. The minimum Gasteiger partial charge on any atom is -0.352 e. The molecule has 128 valence electrons. The van der Waals surface area contributed by atoms with Crippen molar-refractivity contribution in [2.24, 2.45) is 5.73 Å². The lowest BCUT2D eigenvalue weighted by Crippen LogP contribution is -2.54. The number of thiazole rings is 1. The van der Waals surface area contributed by atoms with E-state index in [0.29, 0.717) is 0 Å². The summed E-state index contributed by atoms with van der Waals surface area (Å²) >= 11 is 1.69. The maximum atomic E-state index is 12.3. The van der Waals surface area contributed by atoms with Crippen LogP contribution in [0.5, 0.6) is 0 Å². The molecule has 0 spiro atoms. The third kappa shape index (κ3) is 4.57. The van der Waals surface area contributed by atoms with Gasteiger partial charge in [-0.05, 0) is 31.9 Å². The van der Waals surface area contributed by atoms with Crippen LogP contribution in [0.3, 0.4) is 0 Å². The molecule has 1 atom stereocenters. The summed E-state index contributed by atoms with van der Waals surface area (Å²) < 4.78 is 1.19. The number of carbonyl (C=O) groups is 1. The lowest BCUT2D eigenvalue weighted by molar-refractivity contribution is -0.126. The van der Waals surface area contributed by atoms with Gasteiger partial charge in [-0.2, -0.15) is 0 Å². The highest BCUT2D eigenvalue weighted by atomic mass is 35.5. The summed E-state index contributed by atoms with van der Waals surface area (Å²) in [6.07, 6.45) is 4.45. The minimum absolute atomic E-state index is 0. The number of hydrogen-bond acceptors (Lipinski definition) is 4. The number of amides is 1. The van der Waals surface area contributed by atoms with Gasteiger partial charge in [0, 0.05) is 12.5 Å². The Morgan fingerprint density at radius 1 is 1.35 bits per heavy atom. The van der Waals surface area contributed by atoms with Gasteiger partial charge in [-0.15, -0.1) is 36.2 Å². The van der Waals surface area contributed by atoms with Crippen LogP contribution in [-0.2, 0) is 11.2 Å². The van der Waals surface area contributed by atoms with Gasteiger partial charge < -0.3 is 11.1 Å². The third-order valence-corrected chi connectivity index (χ3v) is 5.20. The number of halogens is 2. The van der Waals surface area contributed by atoms with Crippen LogP contribution in [0.4, 0.5) is 0 Å². The Bertz CT molecular complexity index is 623. The summed E-state index contributed by atoms with van der Waals surface area (Å²) in [5.74, 6) is -0.00592. The van der Waals surface area contributed by atoms with Gasteiger partial charge in [0.25, 0.3) is 0 Å². The number of aromatic nitrogens is 1. The van der Waals surface area contributed by atoms with Gasteiger partial charge in [0.05, 0.1) is 20.8 Å². The number of nitrogens with zero attached hydrogens (tertiary/aromatic N) is 1. The van der Waals surface area contributed by atoms with Crippen LogP contribution >= 0.6 is 36.2 Å². The van der Waals surface area contributed by atoms with Gasteiger partial charge in [0.15, 0.2) is 0 Å². The quantitative estimate of drug-likeness (QED) is 0.859. The molecule has 0 bridgehead atoms. The van der Waals surface area contributed by atoms with E-state index in [4.69, 9.17) is 5.73 Å². The summed E-state index contributed by atoms with van der Waals surface area (Å²) in [7, 11) is 0. The van der Waals surface area contributed by atoms with Crippen molar-refractivity contribution in [1.29, 1.82) is 0 Å². The van der Waals surface area contributed by atoms with E-state index in [2.05, 4.69) is 16.4 Å². The highest BCUT2D eigenvalue weighted by Gasteiger charge is 2.37. The number of para-hydroxylation sites is 1. The predicted molar refractivity (Wildman–Crippen MR) is 101 cm³/mol. The van der Waals surface area contributed by atoms with Gasteiger partial charge in [-0.25, -0.2) is 4.98 Å². The molecule has 1 unspecified atom stereocenters. The van der Waals surface area contributed by atoms with Crippen LogP contribution < -0.4 is 11.1 Å². The number of nitrogens with two attached hydrogens (primary N) is 1. The first-order valence-electron chi connectivity index (χ1n) is 7.51. The van der Waals surface area contributed by atoms with Crippen LogP contribution in [0.25, 0.3) is 10.2 Å². The van der Waals surface area contributed by atoms with Crippen molar-refractivity contribution in [2.45, 2.75) is 50.6 Å². The third-order valence-electron chi connectivity index (χ3n) is 4.14. The molecule has 0 radical (unpaired) electrons. The van der Waals surface area contributed by atoms with Crippen molar-refractivity contribution in [1.82, 2.24) is 10.3 Å². The molecule has 3 rings (SSSR count). The van der Waals surface area contributed by atoms with Crippen LogP contribution in [0, 0.1) is 0 Å². The second kappa shape index (κ2) is 8.29. The molecule has 0 saturated heterocycles. The van der Waals surface area contributed by atoms with Crippen molar-refractivity contribution in [3.63, 3.8) is 0 Å². The average Bonchev–Trinajstić information content (AvgIpc) is 3.04. The molecule has 7 heteroatoms. The van der Waals surface area contributed by atoms with Crippen LogP contribution in [0.2, 0.25) is 0 Å². The van der Waals surface area contributed by atoms with Crippen LogP contribution in [0.15, 0.2) is 24.3 Å². The second-order valence-corrected chi connectivity index (χ2v) is 7.13. The van der Waals surface area contributed by atoms with Gasteiger partial charge in [-0.1, -0.05) is 25.0 Å². The van der Waals surface area contributed by atoms with E-state index in [9.17, 15) is 4.79 Å². The second-order valence-electron chi connectivity index (χ2n) is 6.02. The number of benzene rings is 1. The maximum Gasteiger partial charge on any atom is 0.240 e. The first-order chi connectivity index (χ1) is 10.1. The van der Waals surface area contributed by atoms with Crippen LogP contribution in [-0.4, -0.2) is 22.5 Å². The van der Waals surface area contributed by atoms with E-state index in [1.807, 2.05) is 25.1 Å². The standard InChI is InChI=1S/C16H21N3OS.2ClH/c1-11(18-15(20)16(17)8-4-5-9-16)10-14-19-12-6-2-3-7-13(12)21-14;;/h2-3,6-7,11H,4-5,8-10,17H2,1H3,(H,18,20);2*1H. The molecule has 1 aromatic carbocycles. The van der Waals surface area contributed by atoms with E-state index >= 15 is 0 Å². The van der Waals surface area contributed by atoms with Gasteiger partial charge >= 0.3 is 0 Å². The number of hydrogen-bond donors (Lipinski definition) is 2. The monoisotopic (exact) mass is 375 g/mol. The highest BCUT2D eigenvalue weighted by molar-refractivity contribution is 7.18. The van der Waals surface area contributed by atoms with E-state index in [1.54, 1.807) is 11.3 Å². The van der Waals surface area contributed by atoms with Gasteiger partial charge in [-0.3, -0.25) is 4.79 Å². The lowest BCUT2D eigenvalue weighted by atomic mass is 9.97. The number of nitrogens with one attached hydrogen (secondary N) is 1.